The van der Waals surface area contributed by atoms with Gasteiger partial charge in [0.05, 0.1) is 37.6 Å². The van der Waals surface area contributed by atoms with Gasteiger partial charge in [0, 0.05) is 23.5 Å². The Morgan fingerprint density at radius 1 is 1.00 bits per heavy atom. The average Bonchev–Trinajstić information content (AvgIpc) is 3.47. The van der Waals surface area contributed by atoms with E-state index >= 15 is 0 Å². The first-order valence-electron chi connectivity index (χ1n) is 11.6. The Labute approximate surface area is 205 Å². The number of para-hydroxylation sites is 1. The quantitative estimate of drug-likeness (QED) is 0.277. The molecule has 0 radical (unpaired) electrons. The average molecular weight is 483 g/mol. The molecular formula is C25H24N9O2+. The zero-order valence-corrected chi connectivity index (χ0v) is 19.3. The van der Waals surface area contributed by atoms with Crippen LogP contribution < -0.4 is 25.6 Å². The van der Waals surface area contributed by atoms with Crippen LogP contribution in [0.2, 0.25) is 0 Å². The van der Waals surface area contributed by atoms with Gasteiger partial charge >= 0.3 is 11.6 Å². The van der Waals surface area contributed by atoms with Gasteiger partial charge in [-0.05, 0) is 40.3 Å². The summed E-state index contributed by atoms with van der Waals surface area (Å²) in [6.07, 6.45) is 5.18. The molecule has 4 N–H and O–H groups in total. The fourth-order valence-corrected chi connectivity index (χ4v) is 4.26. The minimum atomic E-state index is -0.130. The number of benzene rings is 1. The number of H-pyrrole nitrogens is 1. The molecule has 11 nitrogen and oxygen atoms in total. The van der Waals surface area contributed by atoms with Crippen LogP contribution in [0.1, 0.15) is 5.56 Å². The lowest BCUT2D eigenvalue weighted by Crippen LogP contribution is -2.50. The molecule has 5 heterocycles. The summed E-state index contributed by atoms with van der Waals surface area (Å²) < 4.78 is 3.78. The summed E-state index contributed by atoms with van der Waals surface area (Å²) in [5.41, 5.74) is 2.46. The molecule has 180 valence electrons. The van der Waals surface area contributed by atoms with Crippen LogP contribution in [0.5, 0.6) is 11.8 Å². The van der Waals surface area contributed by atoms with E-state index in [1.54, 1.807) is 23.0 Å². The van der Waals surface area contributed by atoms with Crippen molar-refractivity contribution in [3.63, 3.8) is 0 Å². The zero-order chi connectivity index (χ0) is 24.5. The number of pyridine rings is 1. The van der Waals surface area contributed by atoms with Gasteiger partial charge in [0.1, 0.15) is 5.82 Å². The molecule has 5 aromatic rings. The third-order valence-electron chi connectivity index (χ3n) is 6.07. The molecule has 11 heteroatoms. The van der Waals surface area contributed by atoms with Crippen LogP contribution in [0, 0.1) is 0 Å². The van der Waals surface area contributed by atoms with E-state index in [1.807, 2.05) is 48.5 Å². The summed E-state index contributed by atoms with van der Waals surface area (Å²) in [7, 11) is 0. The molecule has 1 saturated heterocycles. The van der Waals surface area contributed by atoms with E-state index in [0.717, 1.165) is 37.7 Å². The molecule has 0 spiro atoms. The third-order valence-corrected chi connectivity index (χ3v) is 6.07. The standard InChI is InChI=1S/C25H23N9O2/c35-21-15-17(23(36)29-21)14-18-16-27-34-22(18)30-24(31-25(34)28-19-6-2-1-3-7-19)33-12-10-32(11-13-33)20-8-4-5-9-26-20/h1-9,14-16H,10-13H2,(H3,27,28,29,30,31,35,36)/p+1. The predicted octanol–water partition coefficient (Wildman–Crippen LogP) is 0.842. The molecule has 1 aliphatic heterocycles. The van der Waals surface area contributed by atoms with Crippen LogP contribution in [0.25, 0.3) is 11.7 Å². The monoisotopic (exact) mass is 482 g/mol. The zero-order valence-electron chi connectivity index (χ0n) is 19.3. The fraction of sp³-hybridized carbons (Fsp3) is 0.160. The van der Waals surface area contributed by atoms with E-state index in [4.69, 9.17) is 9.97 Å². The molecule has 6 rings (SSSR count). The Balaban J connectivity index is 1.45. The lowest BCUT2D eigenvalue weighted by atomic mass is 10.2. The van der Waals surface area contributed by atoms with Gasteiger partial charge in [0.15, 0.2) is 11.8 Å². The molecule has 36 heavy (non-hydrogen) atoms. The highest BCUT2D eigenvalue weighted by molar-refractivity contribution is 5.62. The second-order valence-corrected chi connectivity index (χ2v) is 8.44. The molecule has 0 amide bonds. The maximum Gasteiger partial charge on any atom is 0.434 e. The molecule has 4 aromatic heterocycles. The van der Waals surface area contributed by atoms with Crippen LogP contribution in [0.3, 0.4) is 0 Å². The van der Waals surface area contributed by atoms with Gasteiger partial charge in [-0.2, -0.15) is 9.61 Å². The largest absolute Gasteiger partial charge is 0.494 e. The van der Waals surface area contributed by atoms with Crippen molar-refractivity contribution in [3.05, 3.63) is 83.4 Å². The third kappa shape index (κ3) is 4.17. The first kappa shape index (κ1) is 21.6. The van der Waals surface area contributed by atoms with E-state index < -0.39 is 0 Å². The van der Waals surface area contributed by atoms with Crippen molar-refractivity contribution in [2.75, 3.05) is 36.4 Å². The Morgan fingerprint density at radius 3 is 2.53 bits per heavy atom. The van der Waals surface area contributed by atoms with Crippen molar-refractivity contribution < 1.29 is 10.2 Å². The molecular weight excluding hydrogens is 458 g/mol. The first-order chi connectivity index (χ1) is 17.6. The number of fused-ring (bicyclic) bond motifs is 1. The maximum absolute atomic E-state index is 10.1. The molecule has 0 bridgehead atoms. The molecule has 1 fully saturated rings. The number of hydrogen-bond acceptors (Lipinski definition) is 8. The number of hydrogen-bond donors (Lipinski definition) is 4. The van der Waals surface area contributed by atoms with Crippen molar-refractivity contribution >= 4 is 29.2 Å². The second-order valence-electron chi connectivity index (χ2n) is 8.44. The van der Waals surface area contributed by atoms with Gasteiger partial charge in [-0.15, -0.1) is 0 Å². The summed E-state index contributed by atoms with van der Waals surface area (Å²) in [5, 5.41) is 28.3. The maximum atomic E-state index is 10.1. The van der Waals surface area contributed by atoms with Crippen molar-refractivity contribution in [3.8, 4) is 11.8 Å². The second kappa shape index (κ2) is 9.02. The van der Waals surface area contributed by atoms with Crippen molar-refractivity contribution in [1.29, 1.82) is 0 Å². The summed E-state index contributed by atoms with van der Waals surface area (Å²) in [6, 6.07) is 17.1. The van der Waals surface area contributed by atoms with Gasteiger partial charge in [-0.25, -0.2) is 4.98 Å². The fourth-order valence-electron chi connectivity index (χ4n) is 4.26. The summed E-state index contributed by atoms with van der Waals surface area (Å²) in [5.74, 6) is 1.23. The number of rotatable bonds is 4. The van der Waals surface area contributed by atoms with Gasteiger partial charge in [0.25, 0.3) is 0 Å². The SMILES string of the molecule is Oc1cc(C=c2cnn3c(Nc4ccccc4)nc(=[N+]4CCN(c5ccccn5)CC4)nc23)c(O)[nH]1. The van der Waals surface area contributed by atoms with Crippen molar-refractivity contribution in [2.45, 2.75) is 0 Å². The summed E-state index contributed by atoms with van der Waals surface area (Å²) >= 11 is 0. The highest BCUT2D eigenvalue weighted by atomic mass is 16.3. The minimum Gasteiger partial charge on any atom is -0.494 e. The Kier molecular flexibility index (Phi) is 5.41. The first-order valence-corrected chi connectivity index (χ1v) is 11.6. The van der Waals surface area contributed by atoms with Crippen molar-refractivity contribution in [1.82, 2.24) is 34.1 Å². The minimum absolute atomic E-state index is 0.122. The van der Waals surface area contributed by atoms with Crippen LogP contribution in [-0.4, -0.2) is 65.9 Å². The van der Waals surface area contributed by atoms with Crippen LogP contribution in [-0.2, 0) is 0 Å². The number of piperazine rings is 1. The van der Waals surface area contributed by atoms with Crippen LogP contribution in [0.15, 0.2) is 67.0 Å². The topological polar surface area (TPSA) is 130 Å². The Hall–Kier alpha value is -4.93. The predicted molar refractivity (Wildman–Crippen MR) is 135 cm³/mol. The van der Waals surface area contributed by atoms with E-state index in [-0.39, 0.29) is 11.8 Å². The van der Waals surface area contributed by atoms with Crippen LogP contribution in [0.4, 0.5) is 17.5 Å². The number of aromatic hydroxyl groups is 2. The van der Waals surface area contributed by atoms with Gasteiger partial charge in [-0.3, -0.25) is 9.56 Å². The normalized spacial score (nSPS) is 14.5. The number of nitrogens with zero attached hydrogens (tertiary/aromatic N) is 7. The Morgan fingerprint density at radius 2 is 1.81 bits per heavy atom. The van der Waals surface area contributed by atoms with Crippen molar-refractivity contribution in [2.24, 2.45) is 0 Å². The number of aromatic nitrogens is 6. The van der Waals surface area contributed by atoms with Crippen LogP contribution >= 0.6 is 0 Å². The molecule has 1 aliphatic rings. The van der Waals surface area contributed by atoms with E-state index in [1.165, 1.54) is 6.07 Å². The van der Waals surface area contributed by atoms with Gasteiger partial charge in [0.2, 0.25) is 5.65 Å². The van der Waals surface area contributed by atoms with Gasteiger partial charge < -0.3 is 20.4 Å². The smallest absolute Gasteiger partial charge is 0.434 e. The molecule has 0 saturated carbocycles. The lowest BCUT2D eigenvalue weighted by molar-refractivity contribution is 0.425. The van der Waals surface area contributed by atoms with Gasteiger partial charge in [-0.1, -0.05) is 24.3 Å². The molecule has 0 atom stereocenters. The molecule has 1 aromatic carbocycles. The number of aromatic amines is 1. The molecule has 0 unspecified atom stereocenters. The van der Waals surface area contributed by atoms with E-state index in [0.29, 0.717) is 28.0 Å². The van der Waals surface area contributed by atoms with E-state index in [9.17, 15) is 10.2 Å². The number of nitrogens with one attached hydrogen (secondary N) is 2. The highest BCUT2D eigenvalue weighted by Gasteiger charge is 2.22. The summed E-state index contributed by atoms with van der Waals surface area (Å²) in [4.78, 5) is 18.9. The Bertz CT molecular complexity index is 1640. The summed E-state index contributed by atoms with van der Waals surface area (Å²) in [6.45, 7) is 3.05. The number of anilines is 3. The van der Waals surface area contributed by atoms with E-state index in [2.05, 4.69) is 29.9 Å². The highest BCUT2D eigenvalue weighted by Crippen LogP contribution is 2.22. The molecule has 0 aliphatic carbocycles. The lowest BCUT2D eigenvalue weighted by Gasteiger charge is -2.28.